The van der Waals surface area contributed by atoms with Gasteiger partial charge in [0.2, 0.25) is 11.8 Å². The molecule has 0 spiro atoms. The van der Waals surface area contributed by atoms with Crippen molar-refractivity contribution >= 4 is 21.9 Å². The largest absolute Gasteiger partial charge is 0.358 e. The van der Waals surface area contributed by atoms with Crippen LogP contribution in [0.2, 0.25) is 0 Å². The lowest BCUT2D eigenvalue weighted by atomic mass is 10.1. The van der Waals surface area contributed by atoms with E-state index in [4.69, 9.17) is 4.55 Å². The van der Waals surface area contributed by atoms with Crippen LogP contribution in [0.1, 0.15) is 13.3 Å². The maximum atomic E-state index is 11.3. The van der Waals surface area contributed by atoms with Gasteiger partial charge >= 0.3 is 0 Å². The standard InChI is InChI=1S/C8H12N2O2.C2H6O3S/c1-3-10-5-4-6(8(10)12)7(11)9-2;1-2-6(3,4)5/h3,6H,1,4-5H2,2H3,(H,9,11);2H2,1H3,(H,3,4,5). The smallest absolute Gasteiger partial charge is 0.264 e. The SMILES string of the molecule is C=CN1CCC(C(=O)NC)C1=O.CCS(=O)(=O)O. The summed E-state index contributed by atoms with van der Waals surface area (Å²) in [6.45, 7) is 5.45. The molecule has 7 nitrogen and oxygen atoms in total. The number of hydrogen-bond acceptors (Lipinski definition) is 4. The van der Waals surface area contributed by atoms with Crippen LogP contribution in [0.25, 0.3) is 0 Å². The van der Waals surface area contributed by atoms with Crippen LogP contribution in [0.15, 0.2) is 12.8 Å². The molecule has 0 aliphatic carbocycles. The van der Waals surface area contributed by atoms with E-state index in [1.165, 1.54) is 25.1 Å². The number of carbonyl (C=O) groups is 2. The summed E-state index contributed by atoms with van der Waals surface area (Å²) in [4.78, 5) is 23.9. The molecule has 1 rings (SSSR count). The average Bonchev–Trinajstić information content (AvgIpc) is 2.69. The van der Waals surface area contributed by atoms with E-state index in [-0.39, 0.29) is 17.6 Å². The van der Waals surface area contributed by atoms with Crippen LogP contribution in [-0.2, 0) is 19.7 Å². The quantitative estimate of drug-likeness (QED) is 0.541. The van der Waals surface area contributed by atoms with Gasteiger partial charge < -0.3 is 10.2 Å². The highest BCUT2D eigenvalue weighted by atomic mass is 32.2. The van der Waals surface area contributed by atoms with Gasteiger partial charge in [-0.05, 0) is 19.5 Å². The molecule has 0 aromatic rings. The molecule has 104 valence electrons. The fraction of sp³-hybridized carbons (Fsp3) is 0.600. The Balaban J connectivity index is 0.000000411. The molecule has 1 atom stereocenters. The van der Waals surface area contributed by atoms with Crippen LogP contribution in [0.4, 0.5) is 0 Å². The lowest BCUT2D eigenvalue weighted by molar-refractivity contribution is -0.136. The normalized spacial score (nSPS) is 18.9. The van der Waals surface area contributed by atoms with Crippen LogP contribution in [0, 0.1) is 5.92 Å². The molecule has 1 saturated heterocycles. The van der Waals surface area contributed by atoms with Gasteiger partial charge in [-0.15, -0.1) is 0 Å². The topological polar surface area (TPSA) is 104 Å². The Morgan fingerprint density at radius 3 is 2.44 bits per heavy atom. The Bertz CT molecular complexity index is 418. The van der Waals surface area contributed by atoms with Crippen molar-refractivity contribution in [2.24, 2.45) is 5.92 Å². The van der Waals surface area contributed by atoms with Gasteiger partial charge in [0, 0.05) is 13.6 Å². The van der Waals surface area contributed by atoms with Crippen LogP contribution >= 0.6 is 0 Å². The van der Waals surface area contributed by atoms with E-state index in [0.717, 1.165) is 0 Å². The summed E-state index contributed by atoms with van der Waals surface area (Å²) in [5, 5.41) is 2.46. The van der Waals surface area contributed by atoms with E-state index in [0.29, 0.717) is 13.0 Å². The maximum absolute atomic E-state index is 11.3. The molecule has 1 aliphatic rings. The Kier molecular flexibility index (Phi) is 6.56. The van der Waals surface area contributed by atoms with Crippen molar-refractivity contribution in [2.45, 2.75) is 13.3 Å². The van der Waals surface area contributed by atoms with Crippen molar-refractivity contribution in [3.05, 3.63) is 12.8 Å². The van der Waals surface area contributed by atoms with Crippen molar-refractivity contribution in [3.8, 4) is 0 Å². The Hall–Kier alpha value is -1.41. The Morgan fingerprint density at radius 1 is 1.67 bits per heavy atom. The number of carbonyl (C=O) groups excluding carboxylic acids is 2. The minimum Gasteiger partial charge on any atom is -0.358 e. The summed E-state index contributed by atoms with van der Waals surface area (Å²) < 4.78 is 26.9. The van der Waals surface area contributed by atoms with Crippen molar-refractivity contribution in [3.63, 3.8) is 0 Å². The zero-order chi connectivity index (χ0) is 14.3. The first-order chi connectivity index (χ1) is 8.26. The summed E-state index contributed by atoms with van der Waals surface area (Å²) in [5.41, 5.74) is 0. The zero-order valence-electron chi connectivity index (χ0n) is 10.4. The molecule has 0 saturated carbocycles. The van der Waals surface area contributed by atoms with E-state index in [9.17, 15) is 18.0 Å². The van der Waals surface area contributed by atoms with E-state index < -0.39 is 16.0 Å². The molecular weight excluding hydrogens is 260 g/mol. The van der Waals surface area contributed by atoms with Gasteiger partial charge in [0.1, 0.15) is 5.92 Å². The molecule has 1 heterocycles. The van der Waals surface area contributed by atoms with Gasteiger partial charge in [-0.1, -0.05) is 6.58 Å². The summed E-state index contributed by atoms with van der Waals surface area (Å²) >= 11 is 0. The van der Waals surface area contributed by atoms with Gasteiger partial charge in [0.15, 0.2) is 0 Å². The predicted molar refractivity (Wildman–Crippen MR) is 66.2 cm³/mol. The molecule has 18 heavy (non-hydrogen) atoms. The van der Waals surface area contributed by atoms with Crippen molar-refractivity contribution in [1.82, 2.24) is 10.2 Å². The summed E-state index contributed by atoms with van der Waals surface area (Å²) in [7, 11) is -2.13. The van der Waals surface area contributed by atoms with Gasteiger partial charge in [-0.25, -0.2) is 0 Å². The number of nitrogens with zero attached hydrogens (tertiary/aromatic N) is 1. The monoisotopic (exact) mass is 278 g/mol. The highest BCUT2D eigenvalue weighted by molar-refractivity contribution is 7.85. The minimum atomic E-state index is -3.66. The fourth-order valence-electron chi connectivity index (χ4n) is 1.30. The van der Waals surface area contributed by atoms with Crippen LogP contribution in [0.5, 0.6) is 0 Å². The second-order valence-electron chi connectivity index (χ2n) is 3.54. The first-order valence-electron chi connectivity index (χ1n) is 5.36. The van der Waals surface area contributed by atoms with Crippen molar-refractivity contribution in [2.75, 3.05) is 19.3 Å². The first-order valence-corrected chi connectivity index (χ1v) is 6.97. The third kappa shape index (κ3) is 5.28. The van der Waals surface area contributed by atoms with Gasteiger partial charge in [-0.3, -0.25) is 14.1 Å². The highest BCUT2D eigenvalue weighted by Gasteiger charge is 2.34. The Morgan fingerprint density at radius 2 is 2.17 bits per heavy atom. The molecule has 1 unspecified atom stereocenters. The van der Waals surface area contributed by atoms with Crippen molar-refractivity contribution < 1.29 is 22.6 Å². The summed E-state index contributed by atoms with van der Waals surface area (Å²) in [6.07, 6.45) is 2.05. The number of likely N-dealkylation sites (tertiary alicyclic amines) is 1. The lowest BCUT2D eigenvalue weighted by Gasteiger charge is -2.09. The molecule has 0 aromatic carbocycles. The fourth-order valence-corrected chi connectivity index (χ4v) is 1.30. The first kappa shape index (κ1) is 16.6. The van der Waals surface area contributed by atoms with Gasteiger partial charge in [0.05, 0.1) is 5.75 Å². The molecule has 1 aliphatic heterocycles. The number of hydrogen-bond donors (Lipinski definition) is 2. The molecule has 0 radical (unpaired) electrons. The van der Waals surface area contributed by atoms with E-state index >= 15 is 0 Å². The molecule has 2 amide bonds. The average molecular weight is 278 g/mol. The van der Waals surface area contributed by atoms with E-state index in [2.05, 4.69) is 11.9 Å². The van der Waals surface area contributed by atoms with Gasteiger partial charge in [-0.2, -0.15) is 8.42 Å². The minimum absolute atomic E-state index is 0.149. The molecular formula is C10H18N2O5S. The van der Waals surface area contributed by atoms with Gasteiger partial charge in [0.25, 0.3) is 10.1 Å². The highest BCUT2D eigenvalue weighted by Crippen LogP contribution is 2.17. The third-order valence-electron chi connectivity index (χ3n) is 2.39. The van der Waals surface area contributed by atoms with E-state index in [1.54, 1.807) is 0 Å². The van der Waals surface area contributed by atoms with Crippen molar-refractivity contribution in [1.29, 1.82) is 0 Å². The maximum Gasteiger partial charge on any atom is 0.264 e. The van der Waals surface area contributed by atoms with Crippen LogP contribution in [0.3, 0.4) is 0 Å². The molecule has 8 heteroatoms. The summed E-state index contributed by atoms with van der Waals surface area (Å²) in [5.74, 6) is -1.06. The molecule has 0 bridgehead atoms. The molecule has 0 aromatic heterocycles. The number of amides is 2. The molecule has 1 fully saturated rings. The predicted octanol–water partition coefficient (Wildman–Crippen LogP) is -0.381. The van der Waals surface area contributed by atoms with Crippen LogP contribution < -0.4 is 5.32 Å². The Labute approximate surface area is 107 Å². The lowest BCUT2D eigenvalue weighted by Crippen LogP contribution is -2.33. The second kappa shape index (κ2) is 7.12. The third-order valence-corrected chi connectivity index (χ3v) is 3.12. The number of nitrogens with one attached hydrogen (secondary N) is 1. The van der Waals surface area contributed by atoms with Crippen LogP contribution in [-0.4, -0.2) is 49.0 Å². The van der Waals surface area contributed by atoms with E-state index in [1.807, 2.05) is 0 Å². The second-order valence-corrected chi connectivity index (χ2v) is 5.28. The number of rotatable bonds is 3. The summed E-state index contributed by atoms with van der Waals surface area (Å²) in [6, 6.07) is 0. The zero-order valence-corrected chi connectivity index (χ0v) is 11.2. The molecule has 2 N–H and O–H groups in total.